The predicted molar refractivity (Wildman–Crippen MR) is 93.7 cm³/mol. The van der Waals surface area contributed by atoms with Gasteiger partial charge >= 0.3 is 6.61 Å². The summed E-state index contributed by atoms with van der Waals surface area (Å²) in [6.45, 7) is -0.731. The second-order valence-corrected chi connectivity index (χ2v) is 6.37. The van der Waals surface area contributed by atoms with Gasteiger partial charge in [0.2, 0.25) is 5.91 Å². The standard InChI is InChI=1S/C17H18F2N2O4S/c1-2-3-14(22)20-8-9-21-15(23)13(26-17(21)24)10-11-4-6-12(7-5-11)25-16(18)19/h4-7,10,16H,2-3,8-9H2,1H3,(H,20,22). The van der Waals surface area contributed by atoms with E-state index in [9.17, 15) is 23.2 Å². The molecule has 3 amide bonds. The molecular weight excluding hydrogens is 366 g/mol. The van der Waals surface area contributed by atoms with Crippen molar-refractivity contribution in [3.05, 3.63) is 34.7 Å². The first kappa shape index (κ1) is 19.9. The molecule has 2 rings (SSSR count). The van der Waals surface area contributed by atoms with Crippen LogP contribution >= 0.6 is 11.8 Å². The Labute approximate surface area is 153 Å². The number of hydrogen-bond acceptors (Lipinski definition) is 5. The first-order valence-electron chi connectivity index (χ1n) is 7.97. The molecule has 0 spiro atoms. The molecule has 1 fully saturated rings. The van der Waals surface area contributed by atoms with Gasteiger partial charge in [-0.3, -0.25) is 19.3 Å². The van der Waals surface area contributed by atoms with Gasteiger partial charge in [-0.15, -0.1) is 0 Å². The van der Waals surface area contributed by atoms with E-state index in [4.69, 9.17) is 0 Å². The molecule has 9 heteroatoms. The van der Waals surface area contributed by atoms with E-state index in [0.717, 1.165) is 23.1 Å². The topological polar surface area (TPSA) is 75.7 Å². The number of thioether (sulfide) groups is 1. The number of hydrogen-bond donors (Lipinski definition) is 1. The van der Waals surface area contributed by atoms with E-state index < -0.39 is 17.8 Å². The summed E-state index contributed by atoms with van der Waals surface area (Å²) in [7, 11) is 0. The number of carbonyl (C=O) groups is 3. The van der Waals surface area contributed by atoms with Crippen LogP contribution in [0.25, 0.3) is 6.08 Å². The Balaban J connectivity index is 1.96. The van der Waals surface area contributed by atoms with Crippen LogP contribution in [0.15, 0.2) is 29.2 Å². The number of nitrogens with zero attached hydrogens (tertiary/aromatic N) is 1. The molecule has 6 nitrogen and oxygen atoms in total. The first-order chi connectivity index (χ1) is 12.4. The fraction of sp³-hybridized carbons (Fsp3) is 0.353. The molecule has 0 bridgehead atoms. The van der Waals surface area contributed by atoms with Crippen LogP contribution in [-0.2, 0) is 9.59 Å². The second kappa shape index (κ2) is 9.33. The average Bonchev–Trinajstić information content (AvgIpc) is 2.84. The van der Waals surface area contributed by atoms with E-state index in [1.807, 2.05) is 6.92 Å². The molecule has 1 aromatic rings. The Morgan fingerprint density at radius 2 is 2.00 bits per heavy atom. The second-order valence-electron chi connectivity index (χ2n) is 5.38. The molecule has 1 saturated heterocycles. The van der Waals surface area contributed by atoms with Crippen LogP contribution in [0.1, 0.15) is 25.3 Å². The maximum atomic E-state index is 12.3. The smallest absolute Gasteiger partial charge is 0.387 e. The molecule has 0 aromatic heterocycles. The van der Waals surface area contributed by atoms with Crippen molar-refractivity contribution in [3.63, 3.8) is 0 Å². The summed E-state index contributed by atoms with van der Waals surface area (Å²) in [6.07, 6.45) is 2.62. The molecule has 140 valence electrons. The van der Waals surface area contributed by atoms with E-state index in [2.05, 4.69) is 10.1 Å². The number of ether oxygens (including phenoxy) is 1. The van der Waals surface area contributed by atoms with Gasteiger partial charge in [0.1, 0.15) is 5.75 Å². The van der Waals surface area contributed by atoms with Gasteiger partial charge in [-0.1, -0.05) is 19.1 Å². The summed E-state index contributed by atoms with van der Waals surface area (Å²) in [5, 5.41) is 2.24. The van der Waals surface area contributed by atoms with E-state index in [1.165, 1.54) is 30.3 Å². The molecule has 26 heavy (non-hydrogen) atoms. The van der Waals surface area contributed by atoms with Crippen molar-refractivity contribution in [3.8, 4) is 5.75 Å². The number of imide groups is 1. The van der Waals surface area contributed by atoms with Crippen LogP contribution in [0.3, 0.4) is 0 Å². The number of alkyl halides is 2. The summed E-state index contributed by atoms with van der Waals surface area (Å²) in [4.78, 5) is 37.0. The van der Waals surface area contributed by atoms with Gasteiger partial charge in [0.15, 0.2) is 0 Å². The Bertz CT molecular complexity index is 707. The first-order valence-corrected chi connectivity index (χ1v) is 8.79. The highest BCUT2D eigenvalue weighted by Crippen LogP contribution is 2.32. The highest BCUT2D eigenvalue weighted by molar-refractivity contribution is 8.18. The molecule has 0 atom stereocenters. The summed E-state index contributed by atoms with van der Waals surface area (Å²) in [6, 6.07) is 5.73. The zero-order valence-corrected chi connectivity index (χ0v) is 14.9. The van der Waals surface area contributed by atoms with Gasteiger partial charge in [-0.05, 0) is 42.0 Å². The number of nitrogens with one attached hydrogen (secondary N) is 1. The zero-order chi connectivity index (χ0) is 19.1. The minimum absolute atomic E-state index is 0.00748. The van der Waals surface area contributed by atoms with Crippen LogP contribution in [0.2, 0.25) is 0 Å². The van der Waals surface area contributed by atoms with E-state index in [0.29, 0.717) is 12.0 Å². The SMILES string of the molecule is CCCC(=O)NCCN1C(=O)SC(=Cc2ccc(OC(F)F)cc2)C1=O. The highest BCUT2D eigenvalue weighted by Gasteiger charge is 2.34. The molecule has 1 aliphatic heterocycles. The van der Waals surface area contributed by atoms with Crippen LogP contribution < -0.4 is 10.1 Å². The number of benzene rings is 1. The molecule has 0 unspecified atom stereocenters. The number of rotatable bonds is 8. The third kappa shape index (κ3) is 5.55. The van der Waals surface area contributed by atoms with Crippen molar-refractivity contribution in [1.29, 1.82) is 0 Å². The summed E-state index contributed by atoms with van der Waals surface area (Å²) in [5.74, 6) is -0.563. The van der Waals surface area contributed by atoms with Gasteiger partial charge in [0.25, 0.3) is 11.1 Å². The fourth-order valence-electron chi connectivity index (χ4n) is 2.21. The molecule has 0 saturated carbocycles. The lowest BCUT2D eigenvalue weighted by molar-refractivity contribution is -0.124. The van der Waals surface area contributed by atoms with Crippen LogP contribution in [0, 0.1) is 0 Å². The number of carbonyl (C=O) groups excluding carboxylic acids is 3. The highest BCUT2D eigenvalue weighted by atomic mass is 32.2. The van der Waals surface area contributed by atoms with E-state index >= 15 is 0 Å². The summed E-state index contributed by atoms with van der Waals surface area (Å²) < 4.78 is 28.5. The van der Waals surface area contributed by atoms with Crippen molar-refractivity contribution < 1.29 is 27.9 Å². The quantitative estimate of drug-likeness (QED) is 0.697. The number of halogens is 2. The Morgan fingerprint density at radius 3 is 2.62 bits per heavy atom. The van der Waals surface area contributed by atoms with Crippen molar-refractivity contribution in [2.24, 2.45) is 0 Å². The average molecular weight is 384 g/mol. The van der Waals surface area contributed by atoms with Crippen LogP contribution in [-0.4, -0.2) is 41.7 Å². The number of amides is 3. The largest absolute Gasteiger partial charge is 0.435 e. The van der Waals surface area contributed by atoms with Gasteiger partial charge in [0, 0.05) is 19.5 Å². The minimum atomic E-state index is -2.91. The van der Waals surface area contributed by atoms with Crippen molar-refractivity contribution in [1.82, 2.24) is 10.2 Å². The lowest BCUT2D eigenvalue weighted by Crippen LogP contribution is -2.37. The van der Waals surface area contributed by atoms with Crippen molar-refractivity contribution in [2.75, 3.05) is 13.1 Å². The Morgan fingerprint density at radius 1 is 1.31 bits per heavy atom. The third-order valence-electron chi connectivity index (χ3n) is 3.41. The molecule has 1 N–H and O–H groups in total. The summed E-state index contributed by atoms with van der Waals surface area (Å²) in [5.41, 5.74) is 0.577. The molecule has 0 radical (unpaired) electrons. The van der Waals surface area contributed by atoms with Gasteiger partial charge < -0.3 is 10.1 Å². The normalized spacial score (nSPS) is 15.8. The third-order valence-corrected chi connectivity index (χ3v) is 4.32. The maximum absolute atomic E-state index is 12.3. The molecule has 0 aliphatic carbocycles. The minimum Gasteiger partial charge on any atom is -0.435 e. The van der Waals surface area contributed by atoms with Gasteiger partial charge in [-0.25, -0.2) is 0 Å². The van der Waals surface area contributed by atoms with Gasteiger partial charge in [0.05, 0.1) is 4.91 Å². The fourth-order valence-corrected chi connectivity index (χ4v) is 3.08. The van der Waals surface area contributed by atoms with E-state index in [-0.39, 0.29) is 29.7 Å². The monoisotopic (exact) mass is 384 g/mol. The molecule has 1 aromatic carbocycles. The summed E-state index contributed by atoms with van der Waals surface area (Å²) >= 11 is 0.795. The maximum Gasteiger partial charge on any atom is 0.387 e. The molecule has 1 aliphatic rings. The Kier molecular flexibility index (Phi) is 7.14. The van der Waals surface area contributed by atoms with Crippen LogP contribution in [0.5, 0.6) is 5.75 Å². The van der Waals surface area contributed by atoms with Crippen molar-refractivity contribution >= 4 is 34.9 Å². The lowest BCUT2D eigenvalue weighted by atomic mass is 10.2. The Hall–Kier alpha value is -2.42. The lowest BCUT2D eigenvalue weighted by Gasteiger charge is -2.12. The zero-order valence-electron chi connectivity index (χ0n) is 14.0. The van der Waals surface area contributed by atoms with Crippen LogP contribution in [0.4, 0.5) is 13.6 Å². The van der Waals surface area contributed by atoms with Gasteiger partial charge in [-0.2, -0.15) is 8.78 Å². The predicted octanol–water partition coefficient (Wildman–Crippen LogP) is 3.24. The van der Waals surface area contributed by atoms with E-state index in [1.54, 1.807) is 0 Å². The molecular formula is C17H18F2N2O4S. The van der Waals surface area contributed by atoms with Crippen molar-refractivity contribution in [2.45, 2.75) is 26.4 Å². The molecule has 1 heterocycles.